The number of nitrogens with zero attached hydrogens (tertiary/aromatic N) is 2. The molecule has 0 aliphatic carbocycles. The Kier molecular flexibility index (Phi) is 5.35. The molecule has 3 aromatic heterocycles. The van der Waals surface area contributed by atoms with Gasteiger partial charge in [0, 0.05) is 0 Å². The third-order valence-corrected chi connectivity index (χ3v) is 7.13. The van der Waals surface area contributed by atoms with Crippen LogP contribution in [-0.2, 0) is 10.0 Å². The predicted molar refractivity (Wildman–Crippen MR) is 117 cm³/mol. The molecular weight excluding hydrogens is 466 g/mol. The zero-order chi connectivity index (χ0) is 22.2. The summed E-state index contributed by atoms with van der Waals surface area (Å²) in [6.07, 6.45) is 1.19. The smallest absolute Gasteiger partial charge is 0.306 e. The number of urea groups is 1. The fourth-order valence-electron chi connectivity index (χ4n) is 2.73. The van der Waals surface area contributed by atoms with E-state index in [0.29, 0.717) is 10.9 Å². The van der Waals surface area contributed by atoms with Crippen LogP contribution >= 0.6 is 22.9 Å². The number of aromatic amines is 1. The number of rotatable bonds is 4. The predicted octanol–water partition coefficient (Wildman–Crippen LogP) is 2.30. The Bertz CT molecular complexity index is 1520. The molecule has 0 saturated carbocycles. The number of fused-ring (bicyclic) bond motifs is 1. The summed E-state index contributed by atoms with van der Waals surface area (Å²) in [5.74, 6) is 0.0313. The first-order valence-electron chi connectivity index (χ1n) is 8.54. The number of pyridine rings is 1. The molecule has 0 fully saturated rings. The number of hydrogen-bond acceptors (Lipinski definition) is 7. The summed E-state index contributed by atoms with van der Waals surface area (Å²) in [6, 6.07) is 10.9. The molecule has 0 unspecified atom stereocenters. The zero-order valence-corrected chi connectivity index (χ0v) is 17.7. The van der Waals surface area contributed by atoms with Crippen LogP contribution < -0.4 is 21.3 Å². The van der Waals surface area contributed by atoms with Gasteiger partial charge in [-0.25, -0.2) is 32.3 Å². The van der Waals surface area contributed by atoms with Crippen LogP contribution in [0.25, 0.3) is 16.7 Å². The molecule has 10 nitrogen and oxygen atoms in total. The molecule has 158 valence electrons. The van der Waals surface area contributed by atoms with E-state index in [0.717, 1.165) is 15.9 Å². The maximum atomic E-state index is 12.7. The second-order valence-corrected chi connectivity index (χ2v) is 9.76. The Morgan fingerprint density at radius 1 is 1.10 bits per heavy atom. The highest BCUT2D eigenvalue weighted by Crippen LogP contribution is 2.25. The third-order valence-electron chi connectivity index (χ3n) is 4.08. The van der Waals surface area contributed by atoms with E-state index in [9.17, 15) is 22.8 Å². The monoisotopic (exact) mass is 477 g/mol. The number of H-pyrrole nitrogens is 1. The van der Waals surface area contributed by atoms with Crippen molar-refractivity contribution in [3.05, 3.63) is 79.9 Å². The number of para-hydroxylation sites is 1. The summed E-state index contributed by atoms with van der Waals surface area (Å²) < 4.78 is 27.2. The van der Waals surface area contributed by atoms with Crippen LogP contribution in [0.3, 0.4) is 0 Å². The van der Waals surface area contributed by atoms with Crippen LogP contribution in [-0.4, -0.2) is 29.0 Å². The zero-order valence-electron chi connectivity index (χ0n) is 15.3. The van der Waals surface area contributed by atoms with Gasteiger partial charge in [-0.2, -0.15) is 0 Å². The highest BCUT2D eigenvalue weighted by molar-refractivity contribution is 7.92. The number of hydrogen-bond donors (Lipinski definition) is 3. The highest BCUT2D eigenvalue weighted by atomic mass is 35.5. The summed E-state index contributed by atoms with van der Waals surface area (Å²) in [5, 5.41) is 2.63. The van der Waals surface area contributed by atoms with Gasteiger partial charge < -0.3 is 10.3 Å². The standard InChI is InChI=1S/C18H12ClN5O5S2/c19-13-6-8-15(30-13)31(28,29)23-17(26)21-10-5-7-14(20-9-10)24-16(25)11-3-1-2-4-12(11)22-18(24)27/h1-9H,(H,22,27)(H2,21,23,26). The molecule has 0 radical (unpaired) electrons. The summed E-state index contributed by atoms with van der Waals surface area (Å²) in [5.41, 5.74) is -0.677. The molecule has 3 heterocycles. The molecule has 31 heavy (non-hydrogen) atoms. The van der Waals surface area contributed by atoms with E-state index in [2.05, 4.69) is 15.3 Å². The number of sulfonamides is 1. The number of anilines is 1. The normalized spacial score (nSPS) is 11.4. The van der Waals surface area contributed by atoms with Crippen LogP contribution in [0.5, 0.6) is 0 Å². The molecule has 3 N–H and O–H groups in total. The molecule has 0 aliphatic rings. The lowest BCUT2D eigenvalue weighted by molar-refractivity contribution is 0.256. The number of carbonyl (C=O) groups is 1. The lowest BCUT2D eigenvalue weighted by Crippen LogP contribution is -2.35. The minimum Gasteiger partial charge on any atom is -0.306 e. The molecule has 4 rings (SSSR count). The molecular formula is C18H12ClN5O5S2. The van der Waals surface area contributed by atoms with E-state index in [1.165, 1.54) is 30.5 Å². The SMILES string of the molecule is O=C(Nc1ccc(-n2c(=O)[nH]c3ccccc3c2=O)nc1)NS(=O)(=O)c1ccc(Cl)s1. The second kappa shape index (κ2) is 7.98. The van der Waals surface area contributed by atoms with Crippen LogP contribution in [0.2, 0.25) is 4.34 Å². The van der Waals surface area contributed by atoms with Crippen LogP contribution in [0.4, 0.5) is 10.5 Å². The van der Waals surface area contributed by atoms with E-state index in [4.69, 9.17) is 11.6 Å². The molecule has 0 saturated heterocycles. The Morgan fingerprint density at radius 3 is 2.55 bits per heavy atom. The Balaban J connectivity index is 1.55. The summed E-state index contributed by atoms with van der Waals surface area (Å²) in [4.78, 5) is 43.7. The minimum absolute atomic E-state index is 0.0313. The fourth-order valence-corrected chi connectivity index (χ4v) is 5.12. The van der Waals surface area contributed by atoms with Crippen LogP contribution in [0, 0.1) is 0 Å². The summed E-state index contributed by atoms with van der Waals surface area (Å²) in [6.45, 7) is 0. The Hall–Kier alpha value is -3.48. The first-order chi connectivity index (χ1) is 14.7. The molecule has 0 aliphatic heterocycles. The van der Waals surface area contributed by atoms with Gasteiger partial charge in [-0.05, 0) is 36.4 Å². The van der Waals surface area contributed by atoms with E-state index in [1.807, 2.05) is 4.72 Å². The second-order valence-electron chi connectivity index (χ2n) is 6.14. The maximum Gasteiger partial charge on any atom is 0.334 e. The van der Waals surface area contributed by atoms with Crippen molar-refractivity contribution in [2.45, 2.75) is 4.21 Å². The van der Waals surface area contributed by atoms with E-state index in [-0.39, 0.29) is 20.1 Å². The number of aromatic nitrogens is 3. The number of benzene rings is 1. The number of halogens is 1. The third kappa shape index (κ3) is 4.21. The molecule has 0 atom stereocenters. The lowest BCUT2D eigenvalue weighted by atomic mass is 10.2. The number of thiophene rings is 1. The van der Waals surface area contributed by atoms with Gasteiger partial charge >= 0.3 is 11.7 Å². The fraction of sp³-hybridized carbons (Fsp3) is 0. The van der Waals surface area contributed by atoms with Gasteiger partial charge in [-0.15, -0.1) is 11.3 Å². The molecule has 2 amide bonds. The average Bonchev–Trinajstić information content (AvgIpc) is 3.16. The number of carbonyl (C=O) groups excluding carboxylic acids is 1. The van der Waals surface area contributed by atoms with E-state index in [1.54, 1.807) is 24.3 Å². The molecule has 0 spiro atoms. The van der Waals surface area contributed by atoms with Crippen LogP contribution in [0.15, 0.2) is 68.5 Å². The molecule has 1 aromatic carbocycles. The van der Waals surface area contributed by atoms with Crippen molar-refractivity contribution in [2.24, 2.45) is 0 Å². The number of amides is 2. The van der Waals surface area contributed by atoms with Gasteiger partial charge in [0.05, 0.1) is 27.1 Å². The van der Waals surface area contributed by atoms with Crippen molar-refractivity contribution in [2.75, 3.05) is 5.32 Å². The van der Waals surface area contributed by atoms with Crippen molar-refractivity contribution >= 4 is 55.6 Å². The van der Waals surface area contributed by atoms with Crippen molar-refractivity contribution < 1.29 is 13.2 Å². The first-order valence-corrected chi connectivity index (χ1v) is 11.2. The van der Waals surface area contributed by atoms with Gasteiger partial charge in [0.1, 0.15) is 10.0 Å². The molecule has 4 aromatic rings. The highest BCUT2D eigenvalue weighted by Gasteiger charge is 2.20. The maximum absolute atomic E-state index is 12.7. The van der Waals surface area contributed by atoms with Gasteiger partial charge in [0.2, 0.25) is 0 Å². The van der Waals surface area contributed by atoms with Crippen molar-refractivity contribution in [3.63, 3.8) is 0 Å². The molecule has 0 bridgehead atoms. The summed E-state index contributed by atoms with van der Waals surface area (Å²) in [7, 11) is -4.08. The van der Waals surface area contributed by atoms with Crippen molar-refractivity contribution in [3.8, 4) is 5.82 Å². The molecule has 13 heteroatoms. The summed E-state index contributed by atoms with van der Waals surface area (Å²) >= 11 is 6.52. The van der Waals surface area contributed by atoms with E-state index < -0.39 is 27.3 Å². The van der Waals surface area contributed by atoms with Gasteiger partial charge in [-0.1, -0.05) is 23.7 Å². The topological polar surface area (TPSA) is 143 Å². The van der Waals surface area contributed by atoms with Gasteiger partial charge in [0.15, 0.2) is 0 Å². The average molecular weight is 478 g/mol. The first kappa shape index (κ1) is 20.8. The number of nitrogens with one attached hydrogen (secondary N) is 3. The van der Waals surface area contributed by atoms with Gasteiger partial charge in [-0.3, -0.25) is 4.79 Å². The largest absolute Gasteiger partial charge is 0.334 e. The van der Waals surface area contributed by atoms with Crippen LogP contribution in [0.1, 0.15) is 0 Å². The Morgan fingerprint density at radius 2 is 1.87 bits per heavy atom. The van der Waals surface area contributed by atoms with Gasteiger partial charge in [0.25, 0.3) is 15.6 Å². The van der Waals surface area contributed by atoms with E-state index >= 15 is 0 Å². The minimum atomic E-state index is -4.08. The Labute approximate surface area is 183 Å². The lowest BCUT2D eigenvalue weighted by Gasteiger charge is -2.09. The quantitative estimate of drug-likeness (QED) is 0.411. The van der Waals surface area contributed by atoms with Crippen molar-refractivity contribution in [1.29, 1.82) is 0 Å². The van der Waals surface area contributed by atoms with Crippen molar-refractivity contribution in [1.82, 2.24) is 19.3 Å².